The van der Waals surface area contributed by atoms with Crippen molar-refractivity contribution in [2.24, 2.45) is 0 Å². The first-order valence-corrected chi connectivity index (χ1v) is 7.63. The van der Waals surface area contributed by atoms with Gasteiger partial charge in [0.1, 0.15) is 5.01 Å². The second-order valence-corrected chi connectivity index (χ2v) is 5.66. The van der Waals surface area contributed by atoms with Gasteiger partial charge in [0.05, 0.1) is 18.0 Å². The largest absolute Gasteiger partial charge is 0.416 e. The number of nitrogens with one attached hydrogen (secondary N) is 1. The van der Waals surface area contributed by atoms with E-state index >= 15 is 0 Å². The predicted molar refractivity (Wildman–Crippen MR) is 78.4 cm³/mol. The first kappa shape index (κ1) is 16.5. The number of rotatable bonds is 5. The summed E-state index contributed by atoms with van der Waals surface area (Å²) >= 11 is 1.41. The number of nitrogens with zero attached hydrogens (tertiary/aromatic N) is 1. The van der Waals surface area contributed by atoms with E-state index in [1.54, 1.807) is 11.6 Å². The monoisotopic (exact) mass is 328 g/mol. The van der Waals surface area contributed by atoms with Crippen LogP contribution in [0.15, 0.2) is 35.8 Å². The van der Waals surface area contributed by atoms with E-state index in [0.29, 0.717) is 6.42 Å². The number of thiazole rings is 1. The van der Waals surface area contributed by atoms with Crippen molar-refractivity contribution in [3.8, 4) is 0 Å². The predicted octanol–water partition coefficient (Wildman–Crippen LogP) is 3.97. The van der Waals surface area contributed by atoms with Crippen molar-refractivity contribution in [3.05, 3.63) is 52.0 Å². The van der Waals surface area contributed by atoms with Gasteiger partial charge in [-0.15, -0.1) is 11.3 Å². The van der Waals surface area contributed by atoms with E-state index in [1.165, 1.54) is 29.5 Å². The van der Waals surface area contributed by atoms with Gasteiger partial charge in [0.15, 0.2) is 0 Å². The minimum atomic E-state index is -4.46. The molecule has 0 radical (unpaired) electrons. The summed E-state index contributed by atoms with van der Waals surface area (Å²) in [6.07, 6.45) is -2.51. The van der Waals surface area contributed by atoms with Gasteiger partial charge in [-0.2, -0.15) is 13.2 Å². The average Bonchev–Trinajstić information content (AvgIpc) is 2.98. The lowest BCUT2D eigenvalue weighted by molar-refractivity contribution is -0.138. The van der Waals surface area contributed by atoms with Gasteiger partial charge < -0.3 is 5.32 Å². The Kier molecular flexibility index (Phi) is 5.18. The molecule has 0 aliphatic carbocycles. The summed E-state index contributed by atoms with van der Waals surface area (Å²) in [5, 5.41) is 5.28. The second kappa shape index (κ2) is 6.91. The highest BCUT2D eigenvalue weighted by atomic mass is 32.1. The van der Waals surface area contributed by atoms with Gasteiger partial charge in [-0.05, 0) is 18.1 Å². The average molecular weight is 328 g/mol. The van der Waals surface area contributed by atoms with Crippen LogP contribution in [-0.2, 0) is 17.4 Å². The van der Waals surface area contributed by atoms with Crippen molar-refractivity contribution in [2.75, 3.05) is 0 Å². The van der Waals surface area contributed by atoms with E-state index in [9.17, 15) is 18.0 Å². The Hall–Kier alpha value is -1.89. The molecule has 0 aliphatic heterocycles. The molecule has 0 aliphatic rings. The van der Waals surface area contributed by atoms with Crippen LogP contribution < -0.4 is 5.32 Å². The van der Waals surface area contributed by atoms with Crippen LogP contribution in [-0.4, -0.2) is 10.9 Å². The zero-order chi connectivity index (χ0) is 16.2. The SMILES string of the molecule is CC[C@H](NC(=O)Cc1ccccc1C(F)(F)F)c1nccs1. The van der Waals surface area contributed by atoms with Crippen molar-refractivity contribution in [1.29, 1.82) is 0 Å². The standard InChI is InChI=1S/C15H15F3N2OS/c1-2-12(14-19-7-8-22-14)20-13(21)9-10-5-3-4-6-11(10)15(16,17)18/h3-8,12H,2,9H2,1H3,(H,20,21)/t12-/m0/s1. The van der Waals surface area contributed by atoms with Gasteiger partial charge >= 0.3 is 6.18 Å². The minimum Gasteiger partial charge on any atom is -0.347 e. The molecule has 0 bridgehead atoms. The molecule has 1 N–H and O–H groups in total. The normalized spacial score (nSPS) is 12.9. The van der Waals surface area contributed by atoms with Crippen molar-refractivity contribution in [1.82, 2.24) is 10.3 Å². The molecule has 2 rings (SSSR count). The van der Waals surface area contributed by atoms with Gasteiger partial charge in [0.25, 0.3) is 0 Å². The molecule has 22 heavy (non-hydrogen) atoms. The van der Waals surface area contributed by atoms with Crippen molar-refractivity contribution < 1.29 is 18.0 Å². The van der Waals surface area contributed by atoms with Crippen LogP contribution in [0, 0.1) is 0 Å². The molecule has 0 spiro atoms. The molecular weight excluding hydrogens is 313 g/mol. The highest BCUT2D eigenvalue weighted by Crippen LogP contribution is 2.32. The first-order valence-electron chi connectivity index (χ1n) is 6.75. The minimum absolute atomic E-state index is 0.0264. The number of alkyl halides is 3. The third kappa shape index (κ3) is 4.07. The lowest BCUT2D eigenvalue weighted by atomic mass is 10.0. The summed E-state index contributed by atoms with van der Waals surface area (Å²) in [7, 11) is 0. The number of carbonyl (C=O) groups excluding carboxylic acids is 1. The topological polar surface area (TPSA) is 42.0 Å². The highest BCUT2D eigenvalue weighted by Gasteiger charge is 2.33. The van der Waals surface area contributed by atoms with E-state index in [4.69, 9.17) is 0 Å². The number of carbonyl (C=O) groups is 1. The highest BCUT2D eigenvalue weighted by molar-refractivity contribution is 7.09. The molecule has 1 amide bonds. The molecule has 3 nitrogen and oxygen atoms in total. The van der Waals surface area contributed by atoms with E-state index in [1.807, 2.05) is 6.92 Å². The van der Waals surface area contributed by atoms with E-state index in [-0.39, 0.29) is 18.0 Å². The molecular formula is C15H15F3N2OS. The number of amides is 1. The fraction of sp³-hybridized carbons (Fsp3) is 0.333. The Balaban J connectivity index is 2.10. The number of hydrogen-bond acceptors (Lipinski definition) is 3. The smallest absolute Gasteiger partial charge is 0.347 e. The molecule has 0 saturated carbocycles. The van der Waals surface area contributed by atoms with Crippen LogP contribution in [0.4, 0.5) is 13.2 Å². The Morgan fingerprint density at radius 2 is 2.09 bits per heavy atom. The molecule has 118 valence electrons. The Morgan fingerprint density at radius 3 is 2.68 bits per heavy atom. The van der Waals surface area contributed by atoms with Gasteiger partial charge in [-0.25, -0.2) is 4.98 Å². The summed E-state index contributed by atoms with van der Waals surface area (Å²) in [6.45, 7) is 1.88. The summed E-state index contributed by atoms with van der Waals surface area (Å²) in [4.78, 5) is 16.2. The van der Waals surface area contributed by atoms with Gasteiger partial charge in [0, 0.05) is 11.6 Å². The lowest BCUT2D eigenvalue weighted by Gasteiger charge is -2.16. The van der Waals surface area contributed by atoms with Gasteiger partial charge in [-0.3, -0.25) is 4.79 Å². The molecule has 0 fully saturated rings. The van der Waals surface area contributed by atoms with Crippen LogP contribution in [0.3, 0.4) is 0 Å². The molecule has 0 saturated heterocycles. The molecule has 7 heteroatoms. The summed E-state index contributed by atoms with van der Waals surface area (Å²) in [6, 6.07) is 4.85. The van der Waals surface area contributed by atoms with Crippen LogP contribution in [0.25, 0.3) is 0 Å². The maximum Gasteiger partial charge on any atom is 0.416 e. The van der Waals surface area contributed by atoms with Crippen molar-refractivity contribution in [3.63, 3.8) is 0 Å². The molecule has 2 aromatic rings. The first-order chi connectivity index (χ1) is 10.4. The molecule has 1 atom stereocenters. The lowest BCUT2D eigenvalue weighted by Crippen LogP contribution is -2.30. The summed E-state index contributed by atoms with van der Waals surface area (Å²) in [5.74, 6) is -0.446. The summed E-state index contributed by atoms with van der Waals surface area (Å²) < 4.78 is 38.7. The number of aromatic nitrogens is 1. The number of hydrogen-bond donors (Lipinski definition) is 1. The van der Waals surface area contributed by atoms with Crippen LogP contribution in [0.5, 0.6) is 0 Å². The Labute approximate surface area is 130 Å². The zero-order valence-corrected chi connectivity index (χ0v) is 12.7. The third-order valence-electron chi connectivity index (χ3n) is 3.17. The van der Waals surface area contributed by atoms with Crippen molar-refractivity contribution >= 4 is 17.2 Å². The van der Waals surface area contributed by atoms with Gasteiger partial charge in [-0.1, -0.05) is 25.1 Å². The zero-order valence-electron chi connectivity index (χ0n) is 11.9. The van der Waals surface area contributed by atoms with E-state index in [2.05, 4.69) is 10.3 Å². The fourth-order valence-corrected chi connectivity index (χ4v) is 2.89. The fourth-order valence-electron chi connectivity index (χ4n) is 2.11. The Morgan fingerprint density at radius 1 is 1.36 bits per heavy atom. The third-order valence-corrected chi connectivity index (χ3v) is 4.06. The molecule has 1 heterocycles. The maximum absolute atomic E-state index is 12.9. The second-order valence-electron chi connectivity index (χ2n) is 4.73. The Bertz CT molecular complexity index is 626. The molecule has 1 aromatic carbocycles. The van der Waals surface area contributed by atoms with Crippen molar-refractivity contribution in [2.45, 2.75) is 32.0 Å². The van der Waals surface area contributed by atoms with E-state index < -0.39 is 17.6 Å². The van der Waals surface area contributed by atoms with Crippen LogP contribution in [0.2, 0.25) is 0 Å². The quantitative estimate of drug-likeness (QED) is 0.902. The van der Waals surface area contributed by atoms with Crippen LogP contribution >= 0.6 is 11.3 Å². The number of halogens is 3. The molecule has 1 aromatic heterocycles. The van der Waals surface area contributed by atoms with Gasteiger partial charge in [0.2, 0.25) is 5.91 Å². The van der Waals surface area contributed by atoms with Crippen LogP contribution in [0.1, 0.15) is 35.5 Å². The van der Waals surface area contributed by atoms with E-state index in [0.717, 1.165) is 11.1 Å². The maximum atomic E-state index is 12.9. The summed E-state index contributed by atoms with van der Waals surface area (Å²) in [5.41, 5.74) is -0.797. The molecule has 0 unspecified atom stereocenters. The number of benzene rings is 1.